The van der Waals surface area contributed by atoms with Crippen LogP contribution in [0.3, 0.4) is 0 Å². The summed E-state index contributed by atoms with van der Waals surface area (Å²) in [7, 11) is -6.39. The molecule has 3 aromatic rings. The van der Waals surface area contributed by atoms with E-state index in [1.165, 1.54) is 34.1 Å². The van der Waals surface area contributed by atoms with Crippen molar-refractivity contribution < 1.29 is 64.5 Å². The van der Waals surface area contributed by atoms with Crippen LogP contribution in [0.2, 0.25) is 0 Å². The zero-order valence-corrected chi connectivity index (χ0v) is 30.9. The number of aliphatic hydroxyl groups is 1. The van der Waals surface area contributed by atoms with Crippen LogP contribution in [0.15, 0.2) is 58.2 Å². The van der Waals surface area contributed by atoms with Crippen molar-refractivity contribution >= 4 is 60.9 Å². The topological polar surface area (TPSA) is 305 Å². The van der Waals surface area contributed by atoms with Crippen LogP contribution in [-0.2, 0) is 57.3 Å². The number of hydrogen-bond acceptors (Lipinski definition) is 14. The van der Waals surface area contributed by atoms with Crippen LogP contribution in [0.5, 0.6) is 11.6 Å². The Morgan fingerprint density at radius 2 is 1.45 bits per heavy atom. The maximum Gasteiger partial charge on any atom is 0.397 e. The molecule has 0 radical (unpaired) electrons. The number of Topliss-reactive ketones (excluding diaryl/α,β-unsaturated/α-hetero) is 2. The van der Waals surface area contributed by atoms with E-state index in [1.54, 1.807) is 19.1 Å². The van der Waals surface area contributed by atoms with E-state index < -0.39 is 63.3 Å². The second kappa shape index (κ2) is 20.5. The Kier molecular flexibility index (Phi) is 17.6. The number of carbonyl (C=O) groups is 5. The predicted octanol–water partition coefficient (Wildman–Crippen LogP) is 0.801. The number of nitrogens with one attached hydrogen (secondary N) is 2. The van der Waals surface area contributed by atoms with Gasteiger partial charge in [-0.05, 0) is 44.5 Å². The number of primary amides is 1. The molecule has 0 fully saturated rings. The summed E-state index contributed by atoms with van der Waals surface area (Å²) in [6, 6.07) is 12.5. The maximum absolute atomic E-state index is 12.4. The van der Waals surface area contributed by atoms with E-state index in [0.29, 0.717) is 11.3 Å². The molecule has 3 amide bonds. The second-order valence-electron chi connectivity index (χ2n) is 10.9. The van der Waals surface area contributed by atoms with Gasteiger partial charge < -0.3 is 31.3 Å². The summed E-state index contributed by atoms with van der Waals surface area (Å²) in [4.78, 5) is 66.0. The normalized spacial score (nSPS) is 10.8. The number of aliphatic hydroxyl groups excluding tert-OH is 1. The number of hydrogen-bond donors (Lipinski definition) is 6. The van der Waals surface area contributed by atoms with Crippen molar-refractivity contribution in [2.24, 2.45) is 12.8 Å². The minimum atomic E-state index is -4.80. The molecule has 0 saturated carbocycles. The number of rotatable bonds is 14. The van der Waals surface area contributed by atoms with Crippen LogP contribution < -0.4 is 26.7 Å². The molecule has 0 saturated heterocycles. The van der Waals surface area contributed by atoms with Crippen molar-refractivity contribution in [2.45, 2.75) is 45.1 Å². The Bertz CT molecular complexity index is 2100. The number of pyridine rings is 1. The van der Waals surface area contributed by atoms with Crippen molar-refractivity contribution in [3.63, 3.8) is 0 Å². The number of ether oxygens (including phenoxy) is 1. The number of para-hydroxylation sites is 1. The van der Waals surface area contributed by atoms with Gasteiger partial charge in [0, 0.05) is 36.1 Å². The third kappa shape index (κ3) is 15.7. The number of amides is 3. The van der Waals surface area contributed by atoms with Crippen molar-refractivity contribution in [1.82, 2.24) is 4.57 Å². The fraction of sp³-hybridized carbons (Fsp3) is 0.312. The smallest absolute Gasteiger partial charge is 0.397 e. The molecule has 1 heterocycles. The average molecular weight is 785 g/mol. The lowest BCUT2D eigenvalue weighted by Gasteiger charge is -2.15. The zero-order chi connectivity index (χ0) is 40.7. The standard InChI is InChI=1S/C14H19NO10S2.C10H11NO2.C8H10N2O3/c1-9(17)5-14(18)15-11-7-12(24-2)13(6-10(11)8-16)26(19,20)4-3-25-27(21,22)23;1-8(12)7-10(13)11-9-5-3-2-4-6-9;1-4-3-5(11)10(2)8(13)6(4)7(9)12/h6-7,16H,3-5,8H2,1-2H3,(H,15,18)(H,21,22,23);2-6H,7H2,1H3,(H,11,13);3,13H,1-2H3,(H2,9,12). The van der Waals surface area contributed by atoms with E-state index in [1.807, 2.05) is 18.2 Å². The quantitative estimate of drug-likeness (QED) is 0.0973. The molecular formula is C32H40N4O15S2. The number of aromatic nitrogens is 1. The molecule has 19 nitrogen and oxygen atoms in total. The highest BCUT2D eigenvalue weighted by Gasteiger charge is 2.24. The fourth-order valence-corrected chi connectivity index (χ4v) is 5.78. The van der Waals surface area contributed by atoms with Crippen LogP contribution in [0.1, 0.15) is 48.2 Å². The number of nitrogens with two attached hydrogens (primary N) is 1. The van der Waals surface area contributed by atoms with E-state index in [2.05, 4.69) is 14.8 Å². The van der Waals surface area contributed by atoms with Gasteiger partial charge >= 0.3 is 10.4 Å². The van der Waals surface area contributed by atoms with Gasteiger partial charge in [-0.3, -0.25) is 37.9 Å². The van der Waals surface area contributed by atoms with Crippen molar-refractivity contribution in [3.05, 3.63) is 75.6 Å². The summed E-state index contributed by atoms with van der Waals surface area (Å²) in [6.07, 6.45) is -0.463. The molecule has 53 heavy (non-hydrogen) atoms. The number of aromatic hydroxyl groups is 1. The molecule has 7 N–H and O–H groups in total. The lowest BCUT2D eigenvalue weighted by atomic mass is 10.1. The van der Waals surface area contributed by atoms with Gasteiger partial charge in [0.15, 0.2) is 9.84 Å². The molecule has 290 valence electrons. The Balaban J connectivity index is 0.000000447. The Labute approximate surface area is 304 Å². The fourth-order valence-electron chi connectivity index (χ4n) is 4.09. The van der Waals surface area contributed by atoms with Crippen LogP contribution in [0, 0.1) is 6.92 Å². The van der Waals surface area contributed by atoms with Crippen LogP contribution >= 0.6 is 0 Å². The van der Waals surface area contributed by atoms with Gasteiger partial charge in [0.1, 0.15) is 27.8 Å². The molecule has 21 heteroatoms. The van der Waals surface area contributed by atoms with Gasteiger partial charge in [0.05, 0.1) is 38.9 Å². The molecule has 1 aromatic heterocycles. The zero-order valence-electron chi connectivity index (χ0n) is 29.2. The monoisotopic (exact) mass is 784 g/mol. The lowest BCUT2D eigenvalue weighted by Crippen LogP contribution is -2.22. The summed E-state index contributed by atoms with van der Waals surface area (Å²) in [6.45, 7) is 2.68. The minimum Gasteiger partial charge on any atom is -0.495 e. The first-order valence-corrected chi connectivity index (χ1v) is 18.0. The van der Waals surface area contributed by atoms with Gasteiger partial charge in [-0.1, -0.05) is 18.2 Å². The molecule has 0 unspecified atom stereocenters. The van der Waals surface area contributed by atoms with E-state index in [0.717, 1.165) is 16.7 Å². The number of aryl methyl sites for hydroxylation is 1. The van der Waals surface area contributed by atoms with E-state index in [4.69, 9.17) is 15.0 Å². The van der Waals surface area contributed by atoms with Gasteiger partial charge in [0.25, 0.3) is 11.5 Å². The SMILES string of the molecule is CC(=O)CC(=O)Nc1ccccc1.COc1cc(NC(=O)CC(C)=O)c(CO)cc1S(=O)(=O)CCOS(=O)(=O)O.Cc1cc(=O)n(C)c(O)c1C(N)=O. The second-order valence-corrected chi connectivity index (χ2v) is 14.1. The highest BCUT2D eigenvalue weighted by molar-refractivity contribution is 7.91. The number of carbonyl (C=O) groups excluding carboxylic acids is 5. The molecular weight excluding hydrogens is 744 g/mol. The summed E-state index contributed by atoms with van der Waals surface area (Å²) >= 11 is 0. The Hall–Kier alpha value is -5.48. The van der Waals surface area contributed by atoms with Crippen molar-refractivity contribution in [2.75, 3.05) is 30.1 Å². The largest absolute Gasteiger partial charge is 0.495 e. The van der Waals surface area contributed by atoms with Gasteiger partial charge in [0.2, 0.25) is 17.7 Å². The number of ketones is 2. The predicted molar refractivity (Wildman–Crippen MR) is 189 cm³/mol. The number of benzene rings is 2. The highest BCUT2D eigenvalue weighted by Crippen LogP contribution is 2.32. The van der Waals surface area contributed by atoms with Crippen LogP contribution in [0.4, 0.5) is 11.4 Å². The first kappa shape index (κ1) is 45.5. The molecule has 0 atom stereocenters. The molecule has 2 aromatic carbocycles. The number of sulfone groups is 1. The average Bonchev–Trinajstić information content (AvgIpc) is 3.02. The summed E-state index contributed by atoms with van der Waals surface area (Å²) < 4.78 is 64.3. The number of methoxy groups -OCH3 is 1. The summed E-state index contributed by atoms with van der Waals surface area (Å²) in [5, 5.41) is 23.8. The number of anilines is 2. The maximum atomic E-state index is 12.4. The van der Waals surface area contributed by atoms with Gasteiger partial charge in [-0.2, -0.15) is 8.42 Å². The van der Waals surface area contributed by atoms with E-state index in [9.17, 15) is 55.8 Å². The first-order chi connectivity index (χ1) is 24.5. The third-order valence-electron chi connectivity index (χ3n) is 6.48. The van der Waals surface area contributed by atoms with Crippen LogP contribution in [0.25, 0.3) is 0 Å². The van der Waals surface area contributed by atoms with Gasteiger partial charge in [-0.25, -0.2) is 12.6 Å². The molecule has 0 aliphatic heterocycles. The molecule has 0 bridgehead atoms. The lowest BCUT2D eigenvalue weighted by molar-refractivity contribution is -0.125. The number of nitrogens with zero attached hydrogens (tertiary/aromatic N) is 1. The first-order valence-electron chi connectivity index (χ1n) is 15.0. The molecule has 0 aliphatic carbocycles. The van der Waals surface area contributed by atoms with Crippen molar-refractivity contribution in [3.8, 4) is 11.6 Å². The Morgan fingerprint density at radius 3 is 1.92 bits per heavy atom. The summed E-state index contributed by atoms with van der Waals surface area (Å²) in [5.41, 5.74) is 5.81. The van der Waals surface area contributed by atoms with E-state index in [-0.39, 0.29) is 56.9 Å². The highest BCUT2D eigenvalue weighted by atomic mass is 32.3. The van der Waals surface area contributed by atoms with Gasteiger partial charge in [-0.15, -0.1) is 0 Å². The van der Waals surface area contributed by atoms with Crippen molar-refractivity contribution in [1.29, 1.82) is 0 Å². The van der Waals surface area contributed by atoms with E-state index >= 15 is 0 Å². The minimum absolute atomic E-state index is 0.0119. The molecule has 0 aliphatic rings. The summed E-state index contributed by atoms with van der Waals surface area (Å²) in [5.74, 6) is -3.56. The third-order valence-corrected chi connectivity index (χ3v) is 8.64. The molecule has 0 spiro atoms. The Morgan fingerprint density at radius 1 is 0.906 bits per heavy atom. The molecule has 3 rings (SSSR count). The van der Waals surface area contributed by atoms with Crippen LogP contribution in [-0.4, -0.2) is 84.9 Å².